The maximum absolute atomic E-state index is 11.6. The van der Waals surface area contributed by atoms with Crippen molar-refractivity contribution in [2.75, 3.05) is 0 Å². The van der Waals surface area contributed by atoms with Crippen LogP contribution in [0.3, 0.4) is 0 Å². The minimum absolute atomic E-state index is 0.149. The summed E-state index contributed by atoms with van der Waals surface area (Å²) in [5, 5.41) is 44.3. The van der Waals surface area contributed by atoms with Crippen LogP contribution in [0, 0.1) is 34.5 Å². The van der Waals surface area contributed by atoms with E-state index in [4.69, 9.17) is 0 Å². The molecule has 0 radical (unpaired) electrons. The van der Waals surface area contributed by atoms with E-state index in [0.717, 1.165) is 30.8 Å². The topological polar surface area (TPSA) is 80.9 Å². The first kappa shape index (κ1) is 23.7. The molecule has 2 saturated carbocycles. The predicted molar refractivity (Wildman–Crippen MR) is 123 cm³/mol. The van der Waals surface area contributed by atoms with Gasteiger partial charge in [0.15, 0.2) is 0 Å². The zero-order chi connectivity index (χ0) is 22.8. The van der Waals surface area contributed by atoms with E-state index in [-0.39, 0.29) is 11.8 Å². The first-order valence-corrected chi connectivity index (χ1v) is 13.0. The summed E-state index contributed by atoms with van der Waals surface area (Å²) in [5.41, 5.74) is 0.426. The maximum atomic E-state index is 11.6. The molecule has 0 aromatic heterocycles. The van der Waals surface area contributed by atoms with Crippen LogP contribution in [0.2, 0.25) is 0 Å². The van der Waals surface area contributed by atoms with Crippen LogP contribution >= 0.6 is 0 Å². The predicted octanol–water partition coefficient (Wildman–Crippen LogP) is 4.59. The average Bonchev–Trinajstić information content (AvgIpc) is 3.05. The quantitative estimate of drug-likeness (QED) is 0.477. The standard InChI is InChI=1S/C27H46O4/c1-16(2)7-6-8-17(3)19-9-10-20-22-21(12-13-25(19,20)4)26(5)14-11-18(28)15-27(26,31)24(30)23(22)29/h16-20,23-24,28-31H,6-15H2,1-5H3/t17-,18+,19-,20+,23+,24-,25-,26-,27+/m1/s1. The maximum Gasteiger partial charge on any atom is 0.113 e. The summed E-state index contributed by atoms with van der Waals surface area (Å²) < 4.78 is 0. The Balaban J connectivity index is 1.64. The van der Waals surface area contributed by atoms with E-state index in [0.29, 0.717) is 30.6 Å². The van der Waals surface area contributed by atoms with E-state index in [2.05, 4.69) is 34.6 Å². The minimum atomic E-state index is -1.45. The molecule has 0 saturated heterocycles. The molecule has 4 aliphatic carbocycles. The molecule has 0 bridgehead atoms. The molecule has 4 N–H and O–H groups in total. The van der Waals surface area contributed by atoms with Crippen molar-refractivity contribution in [2.45, 2.75) is 123 Å². The van der Waals surface area contributed by atoms with Crippen LogP contribution in [0.1, 0.15) is 98.8 Å². The van der Waals surface area contributed by atoms with Gasteiger partial charge in [-0.15, -0.1) is 0 Å². The molecular formula is C27H46O4. The van der Waals surface area contributed by atoms with E-state index in [9.17, 15) is 20.4 Å². The highest BCUT2D eigenvalue weighted by Crippen LogP contribution is 2.66. The van der Waals surface area contributed by atoms with Crippen molar-refractivity contribution in [3.8, 4) is 0 Å². The van der Waals surface area contributed by atoms with Crippen LogP contribution in [0.25, 0.3) is 0 Å². The summed E-state index contributed by atoms with van der Waals surface area (Å²) in [5.74, 6) is 2.39. The zero-order valence-electron chi connectivity index (χ0n) is 20.4. The van der Waals surface area contributed by atoms with Gasteiger partial charge >= 0.3 is 0 Å². The minimum Gasteiger partial charge on any atom is -0.393 e. The molecule has 4 rings (SSSR count). The summed E-state index contributed by atoms with van der Waals surface area (Å²) in [4.78, 5) is 0. The Labute approximate surface area is 189 Å². The first-order valence-electron chi connectivity index (χ1n) is 13.0. The fourth-order valence-electron chi connectivity index (χ4n) is 8.50. The lowest BCUT2D eigenvalue weighted by Crippen LogP contribution is -2.67. The fraction of sp³-hybridized carbons (Fsp3) is 0.926. The largest absolute Gasteiger partial charge is 0.393 e. The second-order valence-electron chi connectivity index (χ2n) is 12.5. The SMILES string of the molecule is CC(C)CCC[C@@H](C)[C@H]1CC[C@H]2C3=C(CC[C@]12C)[C@@]1(C)CC[C@H](O)C[C@]1(O)[C@H](O)[C@H]3O. The van der Waals surface area contributed by atoms with Crippen molar-refractivity contribution in [3.63, 3.8) is 0 Å². The Hall–Kier alpha value is -0.420. The molecule has 4 heteroatoms. The Morgan fingerprint density at radius 3 is 2.35 bits per heavy atom. The number of hydrogen-bond acceptors (Lipinski definition) is 4. The first-order chi connectivity index (χ1) is 14.5. The smallest absolute Gasteiger partial charge is 0.113 e. The van der Waals surface area contributed by atoms with Crippen molar-refractivity contribution in [3.05, 3.63) is 11.1 Å². The average molecular weight is 435 g/mol. The lowest BCUT2D eigenvalue weighted by Gasteiger charge is -2.61. The van der Waals surface area contributed by atoms with Gasteiger partial charge < -0.3 is 20.4 Å². The third-order valence-corrected chi connectivity index (χ3v) is 10.4. The van der Waals surface area contributed by atoms with Crippen LogP contribution in [-0.2, 0) is 0 Å². The van der Waals surface area contributed by atoms with Crippen molar-refractivity contribution in [2.24, 2.45) is 34.5 Å². The molecular weight excluding hydrogens is 388 g/mol. The van der Waals surface area contributed by atoms with Gasteiger partial charge in [0.1, 0.15) is 17.8 Å². The second-order valence-corrected chi connectivity index (χ2v) is 12.5. The van der Waals surface area contributed by atoms with Gasteiger partial charge in [-0.2, -0.15) is 0 Å². The summed E-state index contributed by atoms with van der Waals surface area (Å²) in [6.07, 6.45) is 6.75. The van der Waals surface area contributed by atoms with Gasteiger partial charge in [0, 0.05) is 11.8 Å². The van der Waals surface area contributed by atoms with Crippen molar-refractivity contribution in [1.82, 2.24) is 0 Å². The Bertz CT molecular complexity index is 716. The van der Waals surface area contributed by atoms with Crippen LogP contribution in [0.4, 0.5) is 0 Å². The molecule has 9 atom stereocenters. The van der Waals surface area contributed by atoms with E-state index in [1.54, 1.807) is 0 Å². The summed E-state index contributed by atoms with van der Waals surface area (Å²) in [7, 11) is 0. The number of aliphatic hydroxyl groups excluding tert-OH is 3. The highest BCUT2D eigenvalue weighted by atomic mass is 16.4. The zero-order valence-corrected chi connectivity index (χ0v) is 20.4. The molecule has 0 unspecified atom stereocenters. The molecule has 178 valence electrons. The molecule has 0 aliphatic heterocycles. The normalized spacial score (nSPS) is 48.4. The monoisotopic (exact) mass is 434 g/mol. The third kappa shape index (κ3) is 3.47. The van der Waals surface area contributed by atoms with Crippen LogP contribution in [0.15, 0.2) is 11.1 Å². The molecule has 0 heterocycles. The second kappa shape index (κ2) is 8.11. The van der Waals surface area contributed by atoms with Gasteiger partial charge in [0.05, 0.1) is 6.10 Å². The van der Waals surface area contributed by atoms with Gasteiger partial charge in [-0.3, -0.25) is 0 Å². The van der Waals surface area contributed by atoms with Crippen molar-refractivity contribution < 1.29 is 20.4 Å². The molecule has 0 aromatic rings. The van der Waals surface area contributed by atoms with Crippen molar-refractivity contribution >= 4 is 0 Å². The van der Waals surface area contributed by atoms with Crippen LogP contribution < -0.4 is 0 Å². The summed E-state index contributed by atoms with van der Waals surface area (Å²) in [6.45, 7) is 11.5. The Kier molecular flexibility index (Phi) is 6.21. The van der Waals surface area contributed by atoms with E-state index in [1.807, 2.05) is 0 Å². The van der Waals surface area contributed by atoms with E-state index in [1.165, 1.54) is 31.3 Å². The van der Waals surface area contributed by atoms with Crippen molar-refractivity contribution in [1.29, 1.82) is 0 Å². The van der Waals surface area contributed by atoms with Crippen LogP contribution in [0.5, 0.6) is 0 Å². The lowest BCUT2D eigenvalue weighted by atomic mass is 9.47. The molecule has 4 aliphatic rings. The highest BCUT2D eigenvalue weighted by molar-refractivity contribution is 5.41. The highest BCUT2D eigenvalue weighted by Gasteiger charge is 2.65. The van der Waals surface area contributed by atoms with Gasteiger partial charge in [-0.1, -0.05) is 59.5 Å². The van der Waals surface area contributed by atoms with Gasteiger partial charge in [-0.05, 0) is 73.2 Å². The Morgan fingerprint density at radius 2 is 1.68 bits per heavy atom. The molecule has 0 spiro atoms. The van der Waals surface area contributed by atoms with E-state index >= 15 is 0 Å². The molecule has 2 fully saturated rings. The van der Waals surface area contributed by atoms with E-state index < -0.39 is 29.3 Å². The fourth-order valence-corrected chi connectivity index (χ4v) is 8.50. The van der Waals surface area contributed by atoms with Crippen LogP contribution in [-0.4, -0.2) is 44.3 Å². The third-order valence-electron chi connectivity index (χ3n) is 10.4. The number of fused-ring (bicyclic) bond motifs is 4. The molecule has 0 amide bonds. The number of rotatable bonds is 5. The Morgan fingerprint density at radius 1 is 0.968 bits per heavy atom. The van der Waals surface area contributed by atoms with Gasteiger partial charge in [0.25, 0.3) is 0 Å². The number of hydrogen-bond donors (Lipinski definition) is 4. The van der Waals surface area contributed by atoms with Gasteiger partial charge in [0.2, 0.25) is 0 Å². The summed E-state index contributed by atoms with van der Waals surface area (Å²) >= 11 is 0. The number of aliphatic hydroxyl groups is 4. The van der Waals surface area contributed by atoms with Gasteiger partial charge in [-0.25, -0.2) is 0 Å². The molecule has 0 aromatic carbocycles. The molecule has 31 heavy (non-hydrogen) atoms. The molecule has 4 nitrogen and oxygen atoms in total. The summed E-state index contributed by atoms with van der Waals surface area (Å²) in [6, 6.07) is 0. The lowest BCUT2D eigenvalue weighted by molar-refractivity contribution is -0.216.